The van der Waals surface area contributed by atoms with Crippen LogP contribution in [0.25, 0.3) is 0 Å². The predicted octanol–water partition coefficient (Wildman–Crippen LogP) is 8.71. The molecule has 1 unspecified atom stereocenters. The van der Waals surface area contributed by atoms with Crippen molar-refractivity contribution in [2.45, 2.75) is 132 Å². The summed E-state index contributed by atoms with van der Waals surface area (Å²) in [4.78, 5) is 0. The van der Waals surface area contributed by atoms with Gasteiger partial charge in [0.2, 0.25) is 0 Å². The fourth-order valence-corrected chi connectivity index (χ4v) is 12.7. The second-order valence-corrected chi connectivity index (χ2v) is 16.1. The first-order chi connectivity index (χ1) is 15.2. The molecule has 0 aromatic rings. The maximum absolute atomic E-state index is 7.28. The quantitative estimate of drug-likeness (QED) is 0.442. The van der Waals surface area contributed by atoms with E-state index < -0.39 is 0 Å². The van der Waals surface area contributed by atoms with Gasteiger partial charge in [0.1, 0.15) is 0 Å². The lowest BCUT2D eigenvalue weighted by Crippen LogP contribution is -2.68. The minimum absolute atomic E-state index is 0.140. The molecule has 1 heteroatoms. The molecule has 33 heavy (non-hydrogen) atoms. The monoisotopic (exact) mass is 455 g/mol. The van der Waals surface area contributed by atoms with Crippen LogP contribution in [0.15, 0.2) is 0 Å². The molecular weight excluding hydrogens is 398 g/mol. The van der Waals surface area contributed by atoms with Gasteiger partial charge in [0.15, 0.2) is 0 Å². The predicted molar refractivity (Wildman–Crippen MR) is 142 cm³/mol. The average molecular weight is 456 g/mol. The summed E-state index contributed by atoms with van der Waals surface area (Å²) in [6.45, 7) is 23.6. The Morgan fingerprint density at radius 3 is 1.97 bits per heavy atom. The second-order valence-electron chi connectivity index (χ2n) is 16.1. The zero-order valence-corrected chi connectivity index (χ0v) is 23.8. The van der Waals surface area contributed by atoms with Crippen LogP contribution in [0.1, 0.15) is 127 Å². The molecule has 5 rings (SSSR count). The third-order valence-corrected chi connectivity index (χ3v) is 14.3. The van der Waals surface area contributed by atoms with Crippen LogP contribution in [-0.2, 0) is 0 Å². The van der Waals surface area contributed by atoms with Crippen LogP contribution in [0.2, 0.25) is 0 Å². The standard InChI is InChI=1S/C32H57N/c1-20(2)22-12-17-32(33)19-18-30(8)24(27(22)32)10-11-26-29(7)15-13-23(21(3)4)28(5,6)25(29)14-16-31(26,30)9/h20-27H,10-19,33H2,1-9H3/t22-,23?,24+,25-,26+,27+,29-,30+,31+,32-/m0/s1. The van der Waals surface area contributed by atoms with E-state index in [2.05, 4.69) is 62.3 Å². The molecule has 5 aliphatic rings. The smallest absolute Gasteiger partial charge is 0.0188 e. The van der Waals surface area contributed by atoms with Crippen molar-refractivity contribution < 1.29 is 0 Å². The number of rotatable bonds is 2. The van der Waals surface area contributed by atoms with Gasteiger partial charge in [-0.05, 0) is 133 Å². The van der Waals surface area contributed by atoms with Crippen LogP contribution >= 0.6 is 0 Å². The summed E-state index contributed by atoms with van der Waals surface area (Å²) < 4.78 is 0. The number of fused-ring (bicyclic) bond motifs is 7. The second kappa shape index (κ2) is 7.49. The van der Waals surface area contributed by atoms with Crippen LogP contribution in [0.3, 0.4) is 0 Å². The Labute approximate surface area is 206 Å². The van der Waals surface area contributed by atoms with Crippen molar-refractivity contribution in [3.05, 3.63) is 0 Å². The summed E-state index contributed by atoms with van der Waals surface area (Å²) in [6, 6.07) is 0. The molecule has 5 saturated carbocycles. The zero-order valence-electron chi connectivity index (χ0n) is 23.8. The van der Waals surface area contributed by atoms with E-state index in [1.807, 2.05) is 0 Å². The van der Waals surface area contributed by atoms with E-state index in [-0.39, 0.29) is 5.54 Å². The molecule has 0 saturated heterocycles. The van der Waals surface area contributed by atoms with Crippen molar-refractivity contribution in [3.63, 3.8) is 0 Å². The van der Waals surface area contributed by atoms with Crippen molar-refractivity contribution in [2.24, 2.45) is 74.7 Å². The highest BCUT2D eigenvalue weighted by molar-refractivity contribution is 5.20. The highest BCUT2D eigenvalue weighted by Gasteiger charge is 2.70. The Morgan fingerprint density at radius 1 is 0.636 bits per heavy atom. The van der Waals surface area contributed by atoms with Gasteiger partial charge < -0.3 is 5.73 Å². The molecule has 190 valence electrons. The third kappa shape index (κ3) is 3.05. The Bertz CT molecular complexity index is 766. The van der Waals surface area contributed by atoms with Crippen molar-refractivity contribution in [1.82, 2.24) is 0 Å². The minimum atomic E-state index is 0.140. The number of hydrogen-bond donors (Lipinski definition) is 1. The summed E-state index contributed by atoms with van der Waals surface area (Å²) in [5, 5.41) is 0. The molecule has 5 aliphatic carbocycles. The highest BCUT2D eigenvalue weighted by atomic mass is 14.9. The van der Waals surface area contributed by atoms with Gasteiger partial charge in [-0.25, -0.2) is 0 Å². The topological polar surface area (TPSA) is 26.0 Å². The third-order valence-electron chi connectivity index (χ3n) is 14.3. The van der Waals surface area contributed by atoms with Crippen LogP contribution in [0, 0.1) is 69.0 Å². The van der Waals surface area contributed by atoms with Crippen LogP contribution in [0.5, 0.6) is 0 Å². The van der Waals surface area contributed by atoms with Crippen molar-refractivity contribution in [2.75, 3.05) is 0 Å². The molecule has 10 atom stereocenters. The molecule has 0 aromatic carbocycles. The van der Waals surface area contributed by atoms with E-state index >= 15 is 0 Å². The lowest BCUT2D eigenvalue weighted by Gasteiger charge is -2.73. The lowest BCUT2D eigenvalue weighted by molar-refractivity contribution is -0.240. The molecule has 1 nitrogen and oxygen atoms in total. The van der Waals surface area contributed by atoms with Gasteiger partial charge in [-0.1, -0.05) is 62.3 Å². The molecule has 2 N–H and O–H groups in total. The average Bonchev–Trinajstić information content (AvgIpc) is 3.05. The molecule has 0 aliphatic heterocycles. The molecule has 0 radical (unpaired) electrons. The first-order valence-electron chi connectivity index (χ1n) is 15.0. The summed E-state index contributed by atoms with van der Waals surface area (Å²) >= 11 is 0. The number of hydrogen-bond acceptors (Lipinski definition) is 1. The summed E-state index contributed by atoms with van der Waals surface area (Å²) in [6.07, 6.45) is 14.2. The fraction of sp³-hybridized carbons (Fsp3) is 1.00. The summed E-state index contributed by atoms with van der Waals surface area (Å²) in [5.74, 6) is 6.78. The lowest BCUT2D eigenvalue weighted by atomic mass is 9.32. The Morgan fingerprint density at radius 2 is 1.33 bits per heavy atom. The molecule has 0 bridgehead atoms. The van der Waals surface area contributed by atoms with Gasteiger partial charge in [-0.2, -0.15) is 0 Å². The largest absolute Gasteiger partial charge is 0.325 e. The molecule has 5 fully saturated rings. The zero-order chi connectivity index (χ0) is 24.2. The van der Waals surface area contributed by atoms with E-state index in [1.54, 1.807) is 0 Å². The Balaban J connectivity index is 1.52. The fourth-order valence-electron chi connectivity index (χ4n) is 12.7. The SMILES string of the molecule is CC(C)C1CC[C@]2(C)[C@H]3CC[C@@H]4[C@H]5[C@H](C(C)C)CC[C@]5(N)CC[C@@]4(C)[C@]3(C)CC[C@H]2C1(C)C. The maximum atomic E-state index is 7.28. The van der Waals surface area contributed by atoms with E-state index in [9.17, 15) is 0 Å². The van der Waals surface area contributed by atoms with Crippen LogP contribution in [-0.4, -0.2) is 5.54 Å². The molecule has 0 spiro atoms. The molecule has 0 aromatic heterocycles. The van der Waals surface area contributed by atoms with E-state index in [1.165, 1.54) is 64.2 Å². The Kier molecular flexibility index (Phi) is 5.59. The van der Waals surface area contributed by atoms with Gasteiger partial charge in [0.05, 0.1) is 0 Å². The first kappa shape index (κ1) is 24.6. The summed E-state index contributed by atoms with van der Waals surface area (Å²) in [7, 11) is 0. The van der Waals surface area contributed by atoms with E-state index in [0.717, 1.165) is 47.3 Å². The van der Waals surface area contributed by atoms with Crippen molar-refractivity contribution >= 4 is 0 Å². The van der Waals surface area contributed by atoms with Gasteiger partial charge in [-0.15, -0.1) is 0 Å². The highest BCUT2D eigenvalue weighted by Crippen LogP contribution is 2.76. The first-order valence-corrected chi connectivity index (χ1v) is 15.0. The van der Waals surface area contributed by atoms with Crippen LogP contribution < -0.4 is 5.73 Å². The Hall–Kier alpha value is -0.0400. The van der Waals surface area contributed by atoms with E-state index in [4.69, 9.17) is 5.73 Å². The minimum Gasteiger partial charge on any atom is -0.325 e. The van der Waals surface area contributed by atoms with Gasteiger partial charge in [-0.3, -0.25) is 0 Å². The van der Waals surface area contributed by atoms with Crippen molar-refractivity contribution in [3.8, 4) is 0 Å². The number of nitrogens with two attached hydrogens (primary N) is 1. The van der Waals surface area contributed by atoms with Gasteiger partial charge in [0, 0.05) is 5.54 Å². The molecule has 0 amide bonds. The van der Waals surface area contributed by atoms with Gasteiger partial charge >= 0.3 is 0 Å². The van der Waals surface area contributed by atoms with Gasteiger partial charge in [0.25, 0.3) is 0 Å². The molecule has 0 heterocycles. The van der Waals surface area contributed by atoms with Crippen LogP contribution in [0.4, 0.5) is 0 Å². The maximum Gasteiger partial charge on any atom is 0.0188 e. The normalized spacial score (nSPS) is 55.6. The van der Waals surface area contributed by atoms with Crippen molar-refractivity contribution in [1.29, 1.82) is 0 Å². The molecular formula is C32H57N. The summed E-state index contributed by atoms with van der Waals surface area (Å²) in [5.41, 5.74) is 9.40. The van der Waals surface area contributed by atoms with E-state index in [0.29, 0.717) is 21.7 Å².